The fourth-order valence-corrected chi connectivity index (χ4v) is 5.91. The van der Waals surface area contributed by atoms with Gasteiger partial charge < -0.3 is 33.7 Å². The molecule has 0 saturated carbocycles. The van der Waals surface area contributed by atoms with Crippen molar-refractivity contribution in [2.75, 3.05) is 26.4 Å². The molecule has 0 aromatic heterocycles. The molecule has 47 heavy (non-hydrogen) atoms. The molecule has 0 unspecified atom stereocenters. The first kappa shape index (κ1) is 35.0. The average molecular weight is 644 g/mol. The van der Waals surface area contributed by atoms with Crippen LogP contribution in [0, 0.1) is 5.92 Å². The fourth-order valence-electron chi connectivity index (χ4n) is 5.91. The minimum atomic E-state index is -0.608. The lowest BCUT2D eigenvalue weighted by Crippen LogP contribution is -2.62. The van der Waals surface area contributed by atoms with Crippen LogP contribution in [-0.2, 0) is 53.0 Å². The van der Waals surface area contributed by atoms with Gasteiger partial charge in [0.1, 0.15) is 24.4 Å². The summed E-state index contributed by atoms with van der Waals surface area (Å²) in [7, 11) is 0. The highest BCUT2D eigenvalue weighted by atomic mass is 16.6. The monoisotopic (exact) mass is 643 g/mol. The zero-order valence-corrected chi connectivity index (χ0v) is 27.6. The molecule has 2 aliphatic heterocycles. The maximum atomic E-state index is 13.7. The average Bonchev–Trinajstić information content (AvgIpc) is 3.11. The molecule has 8 nitrogen and oxygen atoms in total. The Morgan fingerprint density at radius 2 is 1.15 bits per heavy atom. The van der Waals surface area contributed by atoms with Gasteiger partial charge in [-0.2, -0.15) is 0 Å². The number of amides is 1. The molecule has 1 saturated heterocycles. The van der Waals surface area contributed by atoms with E-state index in [0.29, 0.717) is 39.6 Å². The van der Waals surface area contributed by atoms with Crippen LogP contribution in [0.15, 0.2) is 103 Å². The van der Waals surface area contributed by atoms with Gasteiger partial charge in [-0.05, 0) is 22.6 Å². The molecule has 0 spiro atoms. The largest absolute Gasteiger partial charge is 0.375 e. The molecule has 3 aromatic carbocycles. The van der Waals surface area contributed by atoms with E-state index in [1.54, 1.807) is 0 Å². The second kappa shape index (κ2) is 18.8. The van der Waals surface area contributed by atoms with Gasteiger partial charge in [0.05, 0.1) is 64.8 Å². The zero-order valence-electron chi connectivity index (χ0n) is 27.6. The van der Waals surface area contributed by atoms with Gasteiger partial charge in [0.25, 0.3) is 0 Å². The van der Waals surface area contributed by atoms with Crippen molar-refractivity contribution in [2.45, 2.75) is 83.1 Å². The van der Waals surface area contributed by atoms with E-state index in [2.05, 4.69) is 19.2 Å². The quantitative estimate of drug-likeness (QED) is 0.255. The molecule has 8 heteroatoms. The Kier molecular flexibility index (Phi) is 14.0. The molecule has 2 bridgehead atoms. The Balaban J connectivity index is 1.47. The Morgan fingerprint density at radius 3 is 1.66 bits per heavy atom. The summed E-state index contributed by atoms with van der Waals surface area (Å²) in [6.07, 6.45) is 2.11. The third-order valence-electron chi connectivity index (χ3n) is 8.82. The van der Waals surface area contributed by atoms with Crippen molar-refractivity contribution in [1.82, 2.24) is 5.32 Å². The second-order valence-electron chi connectivity index (χ2n) is 12.3. The molecular weight excluding hydrogens is 594 g/mol. The topological polar surface area (TPSA) is 84.5 Å². The van der Waals surface area contributed by atoms with Gasteiger partial charge in [-0.15, -0.1) is 0 Å². The van der Waals surface area contributed by atoms with Crippen molar-refractivity contribution in [2.24, 2.45) is 5.92 Å². The number of carbonyl (C=O) groups excluding carboxylic acids is 1. The van der Waals surface area contributed by atoms with Gasteiger partial charge in [-0.1, -0.05) is 123 Å². The molecule has 5 rings (SSSR count). The Bertz CT molecular complexity index is 1340. The number of ether oxygens (including phenoxy) is 6. The molecular formula is C39H49NO7. The van der Waals surface area contributed by atoms with E-state index >= 15 is 0 Å². The number of fused-ring (bicyclic) bond motifs is 2. The first-order valence-corrected chi connectivity index (χ1v) is 16.8. The second-order valence-corrected chi connectivity index (χ2v) is 12.3. The molecule has 2 heterocycles. The van der Waals surface area contributed by atoms with Crippen LogP contribution in [-0.4, -0.2) is 68.9 Å². The maximum absolute atomic E-state index is 13.7. The Labute approximate surface area is 279 Å². The fraction of sp³-hybridized carbons (Fsp3) is 0.462. The number of carbonyl (C=O) groups is 1. The normalized spacial score (nSPS) is 27.1. The van der Waals surface area contributed by atoms with Crippen molar-refractivity contribution in [3.8, 4) is 0 Å². The van der Waals surface area contributed by atoms with E-state index in [-0.39, 0.29) is 30.9 Å². The van der Waals surface area contributed by atoms with Crippen molar-refractivity contribution >= 4 is 5.91 Å². The first-order valence-electron chi connectivity index (χ1n) is 16.8. The lowest BCUT2D eigenvalue weighted by Gasteiger charge is -2.46. The van der Waals surface area contributed by atoms with Gasteiger partial charge in [0.2, 0.25) is 5.91 Å². The van der Waals surface area contributed by atoms with Gasteiger partial charge in [-0.3, -0.25) is 4.79 Å². The third kappa shape index (κ3) is 10.8. The van der Waals surface area contributed by atoms with Crippen molar-refractivity contribution < 1.29 is 33.2 Å². The number of hydrogen-bond donors (Lipinski definition) is 1. The van der Waals surface area contributed by atoms with E-state index in [4.69, 9.17) is 28.4 Å². The van der Waals surface area contributed by atoms with Crippen LogP contribution in [0.4, 0.5) is 0 Å². The van der Waals surface area contributed by atoms with E-state index in [1.165, 1.54) is 0 Å². The minimum Gasteiger partial charge on any atom is -0.375 e. The van der Waals surface area contributed by atoms with Crippen LogP contribution in [0.5, 0.6) is 0 Å². The van der Waals surface area contributed by atoms with Crippen molar-refractivity contribution in [3.05, 3.63) is 120 Å². The lowest BCUT2D eigenvalue weighted by atomic mass is 9.92. The molecule has 1 fully saturated rings. The van der Waals surface area contributed by atoms with Crippen molar-refractivity contribution in [1.29, 1.82) is 0 Å². The van der Waals surface area contributed by atoms with Crippen LogP contribution in [0.25, 0.3) is 0 Å². The highest BCUT2D eigenvalue weighted by Gasteiger charge is 2.49. The van der Waals surface area contributed by atoms with Crippen LogP contribution in [0.2, 0.25) is 0 Å². The minimum absolute atomic E-state index is 0.0950. The molecule has 2 aliphatic rings. The molecule has 3 aromatic rings. The van der Waals surface area contributed by atoms with Crippen molar-refractivity contribution in [3.63, 3.8) is 0 Å². The zero-order chi connectivity index (χ0) is 32.7. The summed E-state index contributed by atoms with van der Waals surface area (Å²) in [6.45, 7) is 6.83. The number of benzene rings is 3. The molecule has 1 amide bonds. The molecule has 0 aliphatic carbocycles. The van der Waals surface area contributed by atoms with Gasteiger partial charge in [0.15, 0.2) is 0 Å². The Morgan fingerprint density at radius 1 is 0.681 bits per heavy atom. The summed E-state index contributed by atoms with van der Waals surface area (Å²) >= 11 is 0. The summed E-state index contributed by atoms with van der Waals surface area (Å²) in [5.74, 6) is 0.123. The molecule has 1 N–H and O–H groups in total. The molecule has 0 radical (unpaired) electrons. The Hall–Kier alpha value is -3.37. The summed E-state index contributed by atoms with van der Waals surface area (Å²) in [5, 5.41) is 3.24. The van der Waals surface area contributed by atoms with Gasteiger partial charge in [-0.25, -0.2) is 0 Å². The SMILES string of the molecule is CC[C@H](C)[C@H]1COC/C=C/COC[C@H]2O[C@@H](CC(=O)N1)[C@H](OCc1ccccc1)[C@@H](OCc1ccccc1)[C@@H]2OCc1ccccc1. The maximum Gasteiger partial charge on any atom is 0.223 e. The summed E-state index contributed by atoms with van der Waals surface area (Å²) in [5.41, 5.74) is 3.09. The van der Waals surface area contributed by atoms with Crippen LogP contribution >= 0.6 is 0 Å². The van der Waals surface area contributed by atoms with E-state index < -0.39 is 30.5 Å². The summed E-state index contributed by atoms with van der Waals surface area (Å²) in [4.78, 5) is 13.7. The van der Waals surface area contributed by atoms with E-state index in [1.807, 2.05) is 103 Å². The third-order valence-corrected chi connectivity index (χ3v) is 8.82. The van der Waals surface area contributed by atoms with Crippen LogP contribution in [0.1, 0.15) is 43.4 Å². The van der Waals surface area contributed by atoms with E-state index in [0.717, 1.165) is 23.1 Å². The number of rotatable bonds is 11. The smallest absolute Gasteiger partial charge is 0.223 e. The molecule has 7 atom stereocenters. The van der Waals surface area contributed by atoms with Crippen LogP contribution < -0.4 is 5.32 Å². The van der Waals surface area contributed by atoms with Gasteiger partial charge in [0, 0.05) is 0 Å². The number of hydrogen-bond acceptors (Lipinski definition) is 7. The predicted molar refractivity (Wildman–Crippen MR) is 180 cm³/mol. The van der Waals surface area contributed by atoms with Gasteiger partial charge >= 0.3 is 0 Å². The number of nitrogens with one attached hydrogen (secondary N) is 1. The standard InChI is InChI=1S/C39H49NO7/c1-3-29(2)33-27-42-21-13-14-22-43-28-35-38(45-25-31-17-9-5-10-18-31)39(46-26-32-19-11-6-12-20-32)37(34(47-35)23-36(41)40-33)44-24-30-15-7-4-8-16-30/h4-20,29,33-35,37-39H,3,21-28H2,1-2H3,(H,40,41)/b14-13+/t29-,33+,34-,35+,37-,38+,39+/m0/s1. The van der Waals surface area contributed by atoms with E-state index in [9.17, 15) is 4.79 Å². The first-order chi connectivity index (χ1) is 23.1. The highest BCUT2D eigenvalue weighted by Crippen LogP contribution is 2.32. The lowest BCUT2D eigenvalue weighted by molar-refractivity contribution is -0.271. The predicted octanol–water partition coefficient (Wildman–Crippen LogP) is 6.03. The van der Waals surface area contributed by atoms with Crippen LogP contribution in [0.3, 0.4) is 0 Å². The molecule has 252 valence electrons. The summed E-state index contributed by atoms with van der Waals surface area (Å²) in [6, 6.07) is 30.0. The summed E-state index contributed by atoms with van der Waals surface area (Å²) < 4.78 is 38.9. The highest BCUT2D eigenvalue weighted by molar-refractivity contribution is 5.77.